The predicted molar refractivity (Wildman–Crippen MR) is 111 cm³/mol. The molecule has 0 saturated carbocycles. The van der Waals surface area contributed by atoms with Crippen LogP contribution >= 0.6 is 0 Å². The van der Waals surface area contributed by atoms with Gasteiger partial charge >= 0.3 is 5.97 Å². The van der Waals surface area contributed by atoms with Crippen molar-refractivity contribution < 1.29 is 27.7 Å². The molecule has 0 aliphatic heterocycles. The van der Waals surface area contributed by atoms with E-state index in [0.717, 1.165) is 0 Å². The van der Waals surface area contributed by atoms with Gasteiger partial charge in [-0.25, -0.2) is 13.2 Å². The number of ether oxygens (including phenoxy) is 1. The second kappa shape index (κ2) is 9.18. The van der Waals surface area contributed by atoms with Gasteiger partial charge in [0.05, 0.1) is 15.4 Å². The van der Waals surface area contributed by atoms with Gasteiger partial charge in [0.15, 0.2) is 12.4 Å². The summed E-state index contributed by atoms with van der Waals surface area (Å²) >= 11 is 0. The summed E-state index contributed by atoms with van der Waals surface area (Å²) in [4.78, 5) is 34.2. The molecule has 0 amide bonds. The molecule has 0 atom stereocenters. The average Bonchev–Trinajstić information content (AvgIpc) is 2.77. The number of anilines is 1. The standard InChI is InChI=1S/C21H16N2O7S/c24-20(15-6-10-18(11-7-15)23(26)27)14-30-21(25)16-8-12-19(13-9-16)31(28,29)22-17-4-2-1-3-5-17/h1-13,22H,14H2. The number of Topliss-reactive ketones (excluding diaryl/α,β-unsaturated/α-hetero) is 1. The fourth-order valence-corrected chi connectivity index (χ4v) is 3.62. The number of carbonyl (C=O) groups is 2. The van der Waals surface area contributed by atoms with Gasteiger partial charge in [0.1, 0.15) is 0 Å². The van der Waals surface area contributed by atoms with E-state index in [1.807, 2.05) is 0 Å². The minimum atomic E-state index is -3.83. The van der Waals surface area contributed by atoms with Crippen molar-refractivity contribution in [2.75, 3.05) is 11.3 Å². The van der Waals surface area contributed by atoms with Crippen molar-refractivity contribution in [1.29, 1.82) is 0 Å². The first-order chi connectivity index (χ1) is 14.8. The molecule has 31 heavy (non-hydrogen) atoms. The van der Waals surface area contributed by atoms with Gasteiger partial charge in [0.25, 0.3) is 15.7 Å². The number of benzene rings is 3. The average molecular weight is 440 g/mol. The number of nitro benzene ring substituents is 1. The Balaban J connectivity index is 1.61. The lowest BCUT2D eigenvalue weighted by Crippen LogP contribution is -2.15. The molecule has 0 saturated heterocycles. The first-order valence-corrected chi connectivity index (χ1v) is 10.4. The summed E-state index contributed by atoms with van der Waals surface area (Å²) < 4.78 is 32.2. The summed E-state index contributed by atoms with van der Waals surface area (Å²) in [5.41, 5.74) is 0.461. The largest absolute Gasteiger partial charge is 0.454 e. The maximum absolute atomic E-state index is 12.4. The summed E-state index contributed by atoms with van der Waals surface area (Å²) in [5, 5.41) is 10.6. The number of rotatable bonds is 8. The van der Waals surface area contributed by atoms with Crippen LogP contribution in [-0.2, 0) is 14.8 Å². The summed E-state index contributed by atoms with van der Waals surface area (Å²) in [6, 6.07) is 18.3. The molecule has 0 bridgehead atoms. The summed E-state index contributed by atoms with van der Waals surface area (Å²) in [7, 11) is -3.83. The Morgan fingerprint density at radius 3 is 2.03 bits per heavy atom. The maximum atomic E-state index is 12.4. The molecule has 3 rings (SSSR count). The molecule has 9 nitrogen and oxygen atoms in total. The Kier molecular flexibility index (Phi) is 6.41. The summed E-state index contributed by atoms with van der Waals surface area (Å²) in [6.07, 6.45) is 0. The number of nitrogens with one attached hydrogen (secondary N) is 1. The van der Waals surface area contributed by atoms with Gasteiger partial charge in [-0.2, -0.15) is 0 Å². The zero-order valence-electron chi connectivity index (χ0n) is 15.9. The number of nitro groups is 1. The number of para-hydroxylation sites is 1. The molecule has 1 N–H and O–H groups in total. The van der Waals surface area contributed by atoms with Gasteiger partial charge in [-0.05, 0) is 48.5 Å². The van der Waals surface area contributed by atoms with Crippen molar-refractivity contribution in [3.8, 4) is 0 Å². The zero-order valence-corrected chi connectivity index (χ0v) is 16.7. The Hall–Kier alpha value is -4.05. The van der Waals surface area contributed by atoms with Crippen molar-refractivity contribution >= 4 is 33.2 Å². The second-order valence-corrected chi connectivity index (χ2v) is 7.98. The maximum Gasteiger partial charge on any atom is 0.338 e. The van der Waals surface area contributed by atoms with Gasteiger partial charge in [0, 0.05) is 23.4 Å². The molecule has 3 aromatic rings. The Labute approximate surface area is 177 Å². The highest BCUT2D eigenvalue weighted by atomic mass is 32.2. The third-order valence-electron chi connectivity index (χ3n) is 4.16. The van der Waals surface area contributed by atoms with Crippen LogP contribution in [0, 0.1) is 10.1 Å². The third kappa shape index (κ3) is 5.52. The van der Waals surface area contributed by atoms with E-state index in [2.05, 4.69) is 4.72 Å². The molecule has 0 aliphatic carbocycles. The molecule has 0 aliphatic rings. The third-order valence-corrected chi connectivity index (χ3v) is 5.56. The number of hydrogen-bond donors (Lipinski definition) is 1. The monoisotopic (exact) mass is 440 g/mol. The van der Waals surface area contributed by atoms with E-state index in [-0.39, 0.29) is 21.7 Å². The number of carbonyl (C=O) groups excluding carboxylic acids is 2. The number of nitrogens with zero attached hydrogens (tertiary/aromatic N) is 1. The minimum Gasteiger partial charge on any atom is -0.454 e. The summed E-state index contributed by atoms with van der Waals surface area (Å²) in [6.45, 7) is -0.563. The number of hydrogen-bond acceptors (Lipinski definition) is 7. The first-order valence-electron chi connectivity index (χ1n) is 8.89. The predicted octanol–water partition coefficient (Wildman–Crippen LogP) is 3.44. The van der Waals surface area contributed by atoms with Gasteiger partial charge in [-0.1, -0.05) is 18.2 Å². The van der Waals surface area contributed by atoms with Crippen molar-refractivity contribution in [3.05, 3.63) is 100 Å². The highest BCUT2D eigenvalue weighted by Crippen LogP contribution is 2.17. The molecule has 0 heterocycles. The molecular weight excluding hydrogens is 424 g/mol. The van der Waals surface area contributed by atoms with E-state index in [1.165, 1.54) is 48.5 Å². The fraction of sp³-hybridized carbons (Fsp3) is 0.0476. The normalized spacial score (nSPS) is 10.8. The van der Waals surface area contributed by atoms with Crippen molar-refractivity contribution in [2.45, 2.75) is 4.90 Å². The number of esters is 1. The molecule has 158 valence electrons. The van der Waals surface area contributed by atoms with Crippen LogP contribution in [0.15, 0.2) is 83.8 Å². The molecule has 3 aromatic carbocycles. The van der Waals surface area contributed by atoms with Gasteiger partial charge in [-0.15, -0.1) is 0 Å². The molecule has 0 aromatic heterocycles. The van der Waals surface area contributed by atoms with E-state index in [9.17, 15) is 28.1 Å². The second-order valence-electron chi connectivity index (χ2n) is 6.30. The van der Waals surface area contributed by atoms with Gasteiger partial charge < -0.3 is 4.74 Å². The smallest absolute Gasteiger partial charge is 0.338 e. The fourth-order valence-electron chi connectivity index (χ4n) is 2.56. The van der Waals surface area contributed by atoms with Gasteiger partial charge in [-0.3, -0.25) is 19.6 Å². The highest BCUT2D eigenvalue weighted by Gasteiger charge is 2.17. The zero-order chi connectivity index (χ0) is 22.4. The lowest BCUT2D eigenvalue weighted by molar-refractivity contribution is -0.384. The van der Waals surface area contributed by atoms with Crippen LogP contribution < -0.4 is 4.72 Å². The lowest BCUT2D eigenvalue weighted by atomic mass is 10.1. The van der Waals surface area contributed by atoms with Crippen LogP contribution in [0.4, 0.5) is 11.4 Å². The topological polar surface area (TPSA) is 133 Å². The van der Waals surface area contributed by atoms with Crippen LogP contribution in [0.2, 0.25) is 0 Å². The van der Waals surface area contributed by atoms with Crippen molar-refractivity contribution in [1.82, 2.24) is 0 Å². The Morgan fingerprint density at radius 2 is 1.45 bits per heavy atom. The van der Waals surface area contributed by atoms with Crippen molar-refractivity contribution in [3.63, 3.8) is 0 Å². The molecular formula is C21H16N2O7S. The van der Waals surface area contributed by atoms with E-state index in [4.69, 9.17) is 4.74 Å². The SMILES string of the molecule is O=C(COC(=O)c1ccc(S(=O)(=O)Nc2ccccc2)cc1)c1ccc([N+](=O)[O-])cc1. The number of ketones is 1. The molecule has 0 radical (unpaired) electrons. The van der Waals surface area contributed by atoms with E-state index < -0.39 is 33.3 Å². The molecule has 0 fully saturated rings. The van der Waals surface area contributed by atoms with Gasteiger partial charge in [0.2, 0.25) is 0 Å². The first kappa shape index (κ1) is 21.7. The molecule has 10 heteroatoms. The number of non-ortho nitro benzene ring substituents is 1. The van der Waals surface area contributed by atoms with Crippen LogP contribution in [0.25, 0.3) is 0 Å². The number of sulfonamides is 1. The quantitative estimate of drug-likeness (QED) is 0.245. The minimum absolute atomic E-state index is 0.0464. The Morgan fingerprint density at radius 1 is 0.871 bits per heavy atom. The van der Waals surface area contributed by atoms with Crippen LogP contribution in [0.5, 0.6) is 0 Å². The van der Waals surface area contributed by atoms with Crippen LogP contribution in [0.1, 0.15) is 20.7 Å². The van der Waals surface area contributed by atoms with Crippen LogP contribution in [-0.4, -0.2) is 31.7 Å². The summed E-state index contributed by atoms with van der Waals surface area (Å²) in [5.74, 6) is -1.34. The van der Waals surface area contributed by atoms with E-state index in [0.29, 0.717) is 5.69 Å². The van der Waals surface area contributed by atoms with E-state index in [1.54, 1.807) is 30.3 Å². The lowest BCUT2D eigenvalue weighted by Gasteiger charge is -2.09. The van der Waals surface area contributed by atoms with E-state index >= 15 is 0 Å². The molecule has 0 unspecified atom stereocenters. The highest BCUT2D eigenvalue weighted by molar-refractivity contribution is 7.92. The van der Waals surface area contributed by atoms with Crippen LogP contribution in [0.3, 0.4) is 0 Å². The van der Waals surface area contributed by atoms with Crippen molar-refractivity contribution in [2.24, 2.45) is 0 Å². The molecule has 0 spiro atoms. The Bertz CT molecular complexity index is 1210.